The van der Waals surface area contributed by atoms with Gasteiger partial charge < -0.3 is 4.57 Å². The van der Waals surface area contributed by atoms with Crippen LogP contribution in [0.2, 0.25) is 0 Å². The first-order chi connectivity index (χ1) is 9.06. The minimum absolute atomic E-state index is 0.0426. The van der Waals surface area contributed by atoms with Crippen molar-refractivity contribution in [1.82, 2.24) is 4.57 Å². The maximum Gasteiger partial charge on any atom is 0.271 e. The molecule has 3 rings (SSSR count). The second-order valence-electron chi connectivity index (χ2n) is 4.58. The summed E-state index contributed by atoms with van der Waals surface area (Å²) in [5, 5.41) is 10.8. The van der Waals surface area contributed by atoms with Gasteiger partial charge in [-0.15, -0.1) is 0 Å². The van der Waals surface area contributed by atoms with E-state index in [0.29, 0.717) is 4.80 Å². The number of rotatable bonds is 2. The number of nitrogens with zero attached hydrogens (tertiary/aromatic N) is 3. The largest absolute Gasteiger partial charge is 0.319 e. The average Bonchev–Trinajstić information content (AvgIpc) is 3.17. The van der Waals surface area contributed by atoms with Crippen LogP contribution >= 0.6 is 11.3 Å². The Morgan fingerprint density at radius 3 is 2.89 bits per heavy atom. The zero-order valence-corrected chi connectivity index (χ0v) is 11.0. The van der Waals surface area contributed by atoms with Crippen LogP contribution in [0.5, 0.6) is 0 Å². The predicted molar refractivity (Wildman–Crippen MR) is 70.7 cm³/mol. The van der Waals surface area contributed by atoms with Crippen molar-refractivity contribution in [2.75, 3.05) is 0 Å². The SMILES string of the molecule is Cn1c(=NC(=O)C2CC2)sc2ccc([N+](=O)[O-])cc21. The normalized spacial score (nSPS) is 15.9. The first-order valence-corrected chi connectivity index (χ1v) is 6.70. The van der Waals surface area contributed by atoms with E-state index in [1.807, 2.05) is 0 Å². The lowest BCUT2D eigenvalue weighted by Crippen LogP contribution is -2.13. The molecule has 1 aromatic heterocycles. The van der Waals surface area contributed by atoms with Gasteiger partial charge in [-0.2, -0.15) is 4.99 Å². The van der Waals surface area contributed by atoms with Gasteiger partial charge >= 0.3 is 0 Å². The van der Waals surface area contributed by atoms with Gasteiger partial charge in [0.15, 0.2) is 4.80 Å². The Hall–Kier alpha value is -2.02. The first kappa shape index (κ1) is 12.0. The highest BCUT2D eigenvalue weighted by atomic mass is 32.1. The minimum Gasteiger partial charge on any atom is -0.319 e. The highest BCUT2D eigenvalue weighted by Crippen LogP contribution is 2.30. The van der Waals surface area contributed by atoms with Gasteiger partial charge in [-0.05, 0) is 18.9 Å². The van der Waals surface area contributed by atoms with Crippen LogP contribution in [0.4, 0.5) is 5.69 Å². The number of aryl methyl sites for hydroxylation is 1. The van der Waals surface area contributed by atoms with Crippen molar-refractivity contribution in [3.8, 4) is 0 Å². The Labute approximate surface area is 112 Å². The second kappa shape index (κ2) is 4.27. The van der Waals surface area contributed by atoms with Crippen molar-refractivity contribution in [1.29, 1.82) is 0 Å². The van der Waals surface area contributed by atoms with Gasteiger partial charge in [-0.25, -0.2) is 0 Å². The lowest BCUT2D eigenvalue weighted by atomic mass is 10.3. The molecule has 0 bridgehead atoms. The van der Waals surface area contributed by atoms with E-state index >= 15 is 0 Å². The summed E-state index contributed by atoms with van der Waals surface area (Å²) in [6, 6.07) is 4.66. The molecule has 0 N–H and O–H groups in total. The monoisotopic (exact) mass is 277 g/mol. The second-order valence-corrected chi connectivity index (χ2v) is 5.59. The van der Waals surface area contributed by atoms with E-state index in [-0.39, 0.29) is 17.5 Å². The molecule has 0 saturated heterocycles. The van der Waals surface area contributed by atoms with Crippen LogP contribution in [0.15, 0.2) is 23.2 Å². The summed E-state index contributed by atoms with van der Waals surface area (Å²) >= 11 is 1.37. The van der Waals surface area contributed by atoms with Gasteiger partial charge in [0.05, 0.1) is 15.1 Å². The highest BCUT2D eigenvalue weighted by Gasteiger charge is 2.29. The third-order valence-electron chi connectivity index (χ3n) is 3.14. The van der Waals surface area contributed by atoms with Crippen molar-refractivity contribution in [3.63, 3.8) is 0 Å². The van der Waals surface area contributed by atoms with Crippen LogP contribution < -0.4 is 4.80 Å². The van der Waals surface area contributed by atoms with Crippen LogP contribution in [0.1, 0.15) is 12.8 Å². The van der Waals surface area contributed by atoms with Crippen LogP contribution in [-0.4, -0.2) is 15.4 Å². The summed E-state index contributed by atoms with van der Waals surface area (Å²) in [5.41, 5.74) is 0.766. The number of carbonyl (C=O) groups excluding carboxylic acids is 1. The number of fused-ring (bicyclic) bond motifs is 1. The van der Waals surface area contributed by atoms with Crippen LogP contribution in [0, 0.1) is 16.0 Å². The third-order valence-corrected chi connectivity index (χ3v) is 4.25. The van der Waals surface area contributed by atoms with E-state index in [0.717, 1.165) is 23.1 Å². The Balaban J connectivity index is 2.14. The molecule has 1 fully saturated rings. The molecule has 0 spiro atoms. The number of non-ortho nitro benzene ring substituents is 1. The van der Waals surface area contributed by atoms with E-state index < -0.39 is 4.92 Å². The molecule has 2 aromatic rings. The maximum atomic E-state index is 11.7. The molecule has 1 saturated carbocycles. The van der Waals surface area contributed by atoms with E-state index in [9.17, 15) is 14.9 Å². The Bertz CT molecular complexity index is 755. The summed E-state index contributed by atoms with van der Waals surface area (Å²) in [4.78, 5) is 26.7. The number of hydrogen-bond donors (Lipinski definition) is 0. The van der Waals surface area contributed by atoms with E-state index in [2.05, 4.69) is 4.99 Å². The molecule has 1 amide bonds. The number of hydrogen-bond acceptors (Lipinski definition) is 4. The number of thiazole rings is 1. The zero-order chi connectivity index (χ0) is 13.6. The maximum absolute atomic E-state index is 11.7. The fourth-order valence-electron chi connectivity index (χ4n) is 1.85. The van der Waals surface area contributed by atoms with Crippen LogP contribution in [-0.2, 0) is 11.8 Å². The van der Waals surface area contributed by atoms with Gasteiger partial charge in [-0.1, -0.05) is 11.3 Å². The van der Waals surface area contributed by atoms with Crippen molar-refractivity contribution in [3.05, 3.63) is 33.1 Å². The lowest BCUT2D eigenvalue weighted by molar-refractivity contribution is -0.384. The molecule has 7 heteroatoms. The number of aromatic nitrogens is 1. The fraction of sp³-hybridized carbons (Fsp3) is 0.333. The topological polar surface area (TPSA) is 77.5 Å². The Morgan fingerprint density at radius 2 is 2.26 bits per heavy atom. The molecule has 1 heterocycles. The number of nitro groups is 1. The summed E-state index contributed by atoms with van der Waals surface area (Å²) in [5.74, 6) is -0.00351. The molecule has 0 aliphatic heterocycles. The smallest absolute Gasteiger partial charge is 0.271 e. The number of nitro benzene ring substituents is 1. The zero-order valence-electron chi connectivity index (χ0n) is 10.2. The van der Waals surface area contributed by atoms with Gasteiger partial charge in [0, 0.05) is 25.1 Å². The molecule has 98 valence electrons. The molecule has 1 aliphatic carbocycles. The highest BCUT2D eigenvalue weighted by molar-refractivity contribution is 7.16. The molecule has 0 atom stereocenters. The van der Waals surface area contributed by atoms with Gasteiger partial charge in [0.25, 0.3) is 11.6 Å². The van der Waals surface area contributed by atoms with Gasteiger partial charge in [0.2, 0.25) is 0 Å². The standard InChI is InChI=1S/C12H11N3O3S/c1-14-9-6-8(15(17)18)4-5-10(9)19-12(14)13-11(16)7-2-3-7/h4-7H,2-3H2,1H3. The van der Waals surface area contributed by atoms with Gasteiger partial charge in [0.1, 0.15) is 0 Å². The molecular formula is C12H11N3O3S. The van der Waals surface area contributed by atoms with Crippen molar-refractivity contribution in [2.24, 2.45) is 18.0 Å². The Kier molecular flexibility index (Phi) is 2.70. The molecule has 0 unspecified atom stereocenters. The van der Waals surface area contributed by atoms with Crippen molar-refractivity contribution < 1.29 is 9.72 Å². The molecular weight excluding hydrogens is 266 g/mol. The van der Waals surface area contributed by atoms with Gasteiger partial charge in [-0.3, -0.25) is 14.9 Å². The predicted octanol–water partition coefficient (Wildman–Crippen LogP) is 1.99. The fourth-order valence-corrected chi connectivity index (χ4v) is 2.86. The molecule has 1 aliphatic rings. The van der Waals surface area contributed by atoms with Crippen molar-refractivity contribution in [2.45, 2.75) is 12.8 Å². The quantitative estimate of drug-likeness (QED) is 0.622. The summed E-state index contributed by atoms with van der Waals surface area (Å²) in [6.07, 6.45) is 1.84. The first-order valence-electron chi connectivity index (χ1n) is 5.89. The van der Waals surface area contributed by atoms with E-state index in [1.54, 1.807) is 17.7 Å². The summed E-state index contributed by atoms with van der Waals surface area (Å²) in [6.45, 7) is 0. The van der Waals surface area contributed by atoms with Crippen molar-refractivity contribution >= 4 is 33.1 Å². The number of amides is 1. The molecule has 19 heavy (non-hydrogen) atoms. The van der Waals surface area contributed by atoms with E-state index in [1.165, 1.54) is 23.5 Å². The molecule has 1 aromatic carbocycles. The lowest BCUT2D eigenvalue weighted by Gasteiger charge is -1.95. The third kappa shape index (κ3) is 2.17. The van der Waals surface area contributed by atoms with Crippen LogP contribution in [0.25, 0.3) is 10.2 Å². The van der Waals surface area contributed by atoms with Crippen LogP contribution in [0.3, 0.4) is 0 Å². The molecule has 6 nitrogen and oxygen atoms in total. The van der Waals surface area contributed by atoms with E-state index in [4.69, 9.17) is 0 Å². The minimum atomic E-state index is -0.427. The molecule has 0 radical (unpaired) electrons. The summed E-state index contributed by atoms with van der Waals surface area (Å²) in [7, 11) is 1.77. The Morgan fingerprint density at radius 1 is 1.53 bits per heavy atom. The number of carbonyl (C=O) groups is 1. The summed E-state index contributed by atoms with van der Waals surface area (Å²) < 4.78 is 2.61. The number of benzene rings is 1. The average molecular weight is 277 g/mol.